The second-order valence-electron chi connectivity index (χ2n) is 3.73. The summed E-state index contributed by atoms with van der Waals surface area (Å²) in [5.41, 5.74) is 2.60. The van der Waals surface area contributed by atoms with Gasteiger partial charge in [-0.05, 0) is 30.3 Å². The highest BCUT2D eigenvalue weighted by atomic mass is 35.5. The summed E-state index contributed by atoms with van der Waals surface area (Å²) in [5.74, 6) is -0.349. The van der Waals surface area contributed by atoms with Gasteiger partial charge in [-0.2, -0.15) is 0 Å². The van der Waals surface area contributed by atoms with E-state index in [1.807, 2.05) is 25.2 Å². The maximum absolute atomic E-state index is 13.0. The molecule has 88 valence electrons. The molecule has 1 heterocycles. The van der Waals surface area contributed by atoms with Gasteiger partial charge in [0, 0.05) is 23.3 Å². The summed E-state index contributed by atoms with van der Waals surface area (Å²) in [7, 11) is 1.86. The Morgan fingerprint density at radius 3 is 2.71 bits per heavy atom. The summed E-state index contributed by atoms with van der Waals surface area (Å²) in [4.78, 5) is 3.82. The van der Waals surface area contributed by atoms with Crippen LogP contribution in [0.1, 0.15) is 5.56 Å². The summed E-state index contributed by atoms with van der Waals surface area (Å²) < 4.78 is 13.0. The van der Waals surface area contributed by atoms with Gasteiger partial charge in [0.15, 0.2) is 0 Å². The molecule has 0 unspecified atom stereocenters. The first-order chi connectivity index (χ1) is 8.20. The van der Waals surface area contributed by atoms with Gasteiger partial charge in [0.1, 0.15) is 5.82 Å². The molecule has 2 nitrogen and oxygen atoms in total. The minimum atomic E-state index is -0.349. The van der Waals surface area contributed by atoms with Gasteiger partial charge in [0.25, 0.3) is 0 Å². The van der Waals surface area contributed by atoms with Gasteiger partial charge in [-0.1, -0.05) is 23.7 Å². The molecule has 0 saturated carbocycles. The van der Waals surface area contributed by atoms with Gasteiger partial charge >= 0.3 is 0 Å². The Hall–Kier alpha value is -1.45. The van der Waals surface area contributed by atoms with Crippen molar-refractivity contribution in [2.75, 3.05) is 7.05 Å². The van der Waals surface area contributed by atoms with E-state index in [4.69, 9.17) is 11.6 Å². The first-order valence-corrected chi connectivity index (χ1v) is 5.62. The van der Waals surface area contributed by atoms with E-state index in [9.17, 15) is 4.39 Å². The average Bonchev–Trinajstić information content (AvgIpc) is 2.32. The van der Waals surface area contributed by atoms with Crippen LogP contribution < -0.4 is 5.32 Å². The molecule has 0 radical (unpaired) electrons. The van der Waals surface area contributed by atoms with E-state index in [1.54, 1.807) is 6.20 Å². The van der Waals surface area contributed by atoms with Crippen LogP contribution in [-0.2, 0) is 6.54 Å². The number of nitrogens with one attached hydrogen (secondary N) is 1. The van der Waals surface area contributed by atoms with Gasteiger partial charge in [0.2, 0.25) is 0 Å². The quantitative estimate of drug-likeness (QED) is 0.905. The molecular formula is C13H12ClFN2. The van der Waals surface area contributed by atoms with Crippen molar-refractivity contribution in [1.29, 1.82) is 0 Å². The lowest BCUT2D eigenvalue weighted by Crippen LogP contribution is -2.05. The van der Waals surface area contributed by atoms with Crippen LogP contribution in [0.2, 0.25) is 5.02 Å². The third-order valence-electron chi connectivity index (χ3n) is 2.46. The fourth-order valence-electron chi connectivity index (χ4n) is 1.63. The van der Waals surface area contributed by atoms with Crippen molar-refractivity contribution in [3.05, 3.63) is 53.1 Å². The van der Waals surface area contributed by atoms with Crippen LogP contribution in [-0.4, -0.2) is 12.0 Å². The van der Waals surface area contributed by atoms with Crippen LogP contribution in [0.25, 0.3) is 11.1 Å². The largest absolute Gasteiger partial charge is 0.316 e. The lowest BCUT2D eigenvalue weighted by molar-refractivity contribution is 0.622. The van der Waals surface area contributed by atoms with Crippen LogP contribution >= 0.6 is 11.6 Å². The van der Waals surface area contributed by atoms with E-state index in [-0.39, 0.29) is 5.82 Å². The highest BCUT2D eigenvalue weighted by Gasteiger charge is 2.04. The monoisotopic (exact) mass is 250 g/mol. The smallest absolute Gasteiger partial charge is 0.142 e. The predicted octanol–water partition coefficient (Wildman–Crippen LogP) is 3.26. The molecule has 0 saturated heterocycles. The molecule has 2 rings (SSSR count). The van der Waals surface area contributed by atoms with Gasteiger partial charge in [-0.3, -0.25) is 4.98 Å². The van der Waals surface area contributed by atoms with Crippen molar-refractivity contribution in [3.63, 3.8) is 0 Å². The number of pyridine rings is 1. The number of halogens is 2. The highest BCUT2D eigenvalue weighted by molar-refractivity contribution is 6.31. The topological polar surface area (TPSA) is 24.9 Å². The molecule has 0 fully saturated rings. The van der Waals surface area contributed by atoms with E-state index in [2.05, 4.69) is 10.3 Å². The van der Waals surface area contributed by atoms with Crippen LogP contribution in [0.3, 0.4) is 0 Å². The summed E-state index contributed by atoms with van der Waals surface area (Å²) in [6.07, 6.45) is 2.80. The molecule has 2 aromatic rings. The maximum atomic E-state index is 13.0. The molecule has 4 heteroatoms. The molecule has 0 atom stereocenters. The first kappa shape index (κ1) is 12.0. The molecule has 0 spiro atoms. The van der Waals surface area contributed by atoms with Crippen molar-refractivity contribution in [2.45, 2.75) is 6.54 Å². The molecule has 0 amide bonds. The fraction of sp³-hybridized carbons (Fsp3) is 0.154. The van der Waals surface area contributed by atoms with Crippen LogP contribution in [0.4, 0.5) is 4.39 Å². The molecule has 1 aromatic heterocycles. The lowest BCUT2D eigenvalue weighted by atomic mass is 10.1. The molecule has 17 heavy (non-hydrogen) atoms. The van der Waals surface area contributed by atoms with Crippen LogP contribution in [0, 0.1) is 5.82 Å². The Morgan fingerprint density at radius 2 is 2.06 bits per heavy atom. The number of aromatic nitrogens is 1. The maximum Gasteiger partial charge on any atom is 0.142 e. The zero-order valence-corrected chi connectivity index (χ0v) is 10.1. The van der Waals surface area contributed by atoms with Gasteiger partial charge in [-0.15, -0.1) is 0 Å². The molecule has 1 N–H and O–H groups in total. The Labute approximate surface area is 104 Å². The average molecular weight is 251 g/mol. The second kappa shape index (κ2) is 5.25. The van der Waals surface area contributed by atoms with Crippen molar-refractivity contribution >= 4 is 11.6 Å². The molecule has 0 aliphatic carbocycles. The molecule has 0 aliphatic heterocycles. The SMILES string of the molecule is CNCc1ccc(-c2cncc(F)c2)cc1Cl. The number of rotatable bonds is 3. The Morgan fingerprint density at radius 1 is 1.24 bits per heavy atom. The van der Waals surface area contributed by atoms with Gasteiger partial charge < -0.3 is 5.32 Å². The summed E-state index contributed by atoms with van der Waals surface area (Å²) in [5, 5.41) is 3.70. The first-order valence-electron chi connectivity index (χ1n) is 5.24. The van der Waals surface area contributed by atoms with Crippen molar-refractivity contribution < 1.29 is 4.39 Å². The van der Waals surface area contributed by atoms with Gasteiger partial charge in [-0.25, -0.2) is 4.39 Å². The molecule has 1 aromatic carbocycles. The fourth-order valence-corrected chi connectivity index (χ4v) is 1.88. The minimum Gasteiger partial charge on any atom is -0.316 e. The van der Waals surface area contributed by atoms with E-state index >= 15 is 0 Å². The zero-order chi connectivity index (χ0) is 12.3. The Balaban J connectivity index is 2.37. The normalized spacial score (nSPS) is 10.5. The zero-order valence-electron chi connectivity index (χ0n) is 9.37. The van der Waals surface area contributed by atoms with Crippen molar-refractivity contribution in [2.24, 2.45) is 0 Å². The molecule has 0 bridgehead atoms. The van der Waals surface area contributed by atoms with E-state index in [0.29, 0.717) is 11.6 Å². The number of hydrogen-bond donors (Lipinski definition) is 1. The van der Waals surface area contributed by atoms with Crippen LogP contribution in [0.5, 0.6) is 0 Å². The number of hydrogen-bond acceptors (Lipinski definition) is 2. The second-order valence-corrected chi connectivity index (χ2v) is 4.14. The van der Waals surface area contributed by atoms with E-state index in [1.165, 1.54) is 12.3 Å². The lowest BCUT2D eigenvalue weighted by Gasteiger charge is -2.06. The predicted molar refractivity (Wildman–Crippen MR) is 67.4 cm³/mol. The minimum absolute atomic E-state index is 0.349. The van der Waals surface area contributed by atoms with Crippen molar-refractivity contribution in [3.8, 4) is 11.1 Å². The van der Waals surface area contributed by atoms with E-state index < -0.39 is 0 Å². The summed E-state index contributed by atoms with van der Waals surface area (Å²) in [6.45, 7) is 0.709. The number of benzene rings is 1. The highest BCUT2D eigenvalue weighted by Crippen LogP contribution is 2.25. The van der Waals surface area contributed by atoms with Crippen molar-refractivity contribution in [1.82, 2.24) is 10.3 Å². The number of nitrogens with zero attached hydrogens (tertiary/aromatic N) is 1. The van der Waals surface area contributed by atoms with Crippen LogP contribution in [0.15, 0.2) is 36.7 Å². The molecular weight excluding hydrogens is 239 g/mol. The molecule has 0 aliphatic rings. The third-order valence-corrected chi connectivity index (χ3v) is 2.81. The Kier molecular flexibility index (Phi) is 3.71. The Bertz CT molecular complexity index is 529. The third kappa shape index (κ3) is 2.81. The summed E-state index contributed by atoms with van der Waals surface area (Å²) >= 11 is 6.14. The standard InChI is InChI=1S/C13H12ClFN2/c1-16-6-10-3-2-9(5-13(10)14)11-4-12(15)8-17-7-11/h2-5,7-8,16H,6H2,1H3. The summed E-state index contributed by atoms with van der Waals surface area (Å²) in [6, 6.07) is 7.11. The van der Waals surface area contributed by atoms with Gasteiger partial charge in [0.05, 0.1) is 6.20 Å². The van der Waals surface area contributed by atoms with E-state index in [0.717, 1.165) is 16.7 Å².